The Kier molecular flexibility index (Phi) is 2.15. The summed E-state index contributed by atoms with van der Waals surface area (Å²) < 4.78 is 53.6. The standard InChI is InChI=1S/C2F3N5S3/c3-2(4,5)1-6-12-8-11-9-13(7-1)10-12. The molecule has 72 valence electrons. The molecule has 2 aliphatic heterocycles. The molecule has 0 aliphatic carbocycles. The maximum Gasteiger partial charge on any atom is 0.453 e. The molecule has 0 amide bonds. The summed E-state index contributed by atoms with van der Waals surface area (Å²) in [5.41, 5.74) is 0. The minimum absolute atomic E-state index is 0.812. The third-order valence-corrected chi connectivity index (χ3v) is 4.26. The van der Waals surface area contributed by atoms with Crippen molar-refractivity contribution in [2.75, 3.05) is 0 Å². The Morgan fingerprint density at radius 2 is 1.85 bits per heavy atom. The van der Waals surface area contributed by atoms with E-state index in [0.29, 0.717) is 0 Å². The van der Waals surface area contributed by atoms with Gasteiger partial charge in [-0.2, -0.15) is 21.9 Å². The van der Waals surface area contributed by atoms with Crippen molar-refractivity contribution in [3.8, 4) is 0 Å². The predicted molar refractivity (Wildman–Crippen MR) is 45.3 cm³/mol. The highest BCUT2D eigenvalue weighted by Crippen LogP contribution is 2.23. The summed E-state index contributed by atoms with van der Waals surface area (Å²) in [6, 6.07) is 0. The number of amidine groups is 1. The predicted octanol–water partition coefficient (Wildman–Crippen LogP) is 1.69. The van der Waals surface area contributed by atoms with Crippen molar-refractivity contribution in [3.63, 3.8) is 0 Å². The largest absolute Gasteiger partial charge is 0.453 e. The highest BCUT2D eigenvalue weighted by Gasteiger charge is 2.38. The van der Waals surface area contributed by atoms with Gasteiger partial charge in [-0.25, -0.2) is 0 Å². The first kappa shape index (κ1) is 9.15. The van der Waals surface area contributed by atoms with Crippen LogP contribution in [0.4, 0.5) is 13.2 Å². The fourth-order valence-electron chi connectivity index (χ4n) is 0.502. The van der Waals surface area contributed by atoms with E-state index < -0.39 is 34.1 Å². The van der Waals surface area contributed by atoms with Crippen molar-refractivity contribution in [2.45, 2.75) is 6.18 Å². The molecule has 2 unspecified atom stereocenters. The molecule has 2 rings (SSSR count). The lowest BCUT2D eigenvalue weighted by Gasteiger charge is -2.09. The van der Waals surface area contributed by atoms with Gasteiger partial charge in [0, 0.05) is 0 Å². The average Bonchev–Trinajstić information content (AvgIpc) is 2.01. The Morgan fingerprint density at radius 1 is 1.15 bits per heavy atom. The smallest absolute Gasteiger partial charge is 0.163 e. The number of alkyl halides is 3. The molecule has 11 heteroatoms. The molecule has 2 bridgehead atoms. The van der Waals surface area contributed by atoms with Crippen molar-refractivity contribution in [1.82, 2.24) is 0 Å². The number of fused-ring (bicyclic) bond motifs is 1. The van der Waals surface area contributed by atoms with E-state index >= 15 is 0 Å². The van der Waals surface area contributed by atoms with Crippen LogP contribution in [-0.4, -0.2) is 12.0 Å². The van der Waals surface area contributed by atoms with E-state index in [1.54, 1.807) is 0 Å². The van der Waals surface area contributed by atoms with Crippen LogP contribution in [-0.2, 0) is 33.5 Å². The number of rotatable bonds is 0. The normalized spacial score (nSPS) is 31.2. The molecule has 0 fully saturated rings. The van der Waals surface area contributed by atoms with Gasteiger partial charge in [-0.05, 0) is 0 Å². The Hall–Kier alpha value is -0.420. The van der Waals surface area contributed by atoms with Crippen LogP contribution in [0.15, 0.2) is 20.1 Å². The molecule has 0 N–H and O–H groups in total. The molecule has 2 atom stereocenters. The van der Waals surface area contributed by atoms with Crippen molar-refractivity contribution in [2.24, 2.45) is 20.1 Å². The molecule has 0 aromatic carbocycles. The molecule has 2 aliphatic rings. The van der Waals surface area contributed by atoms with Gasteiger partial charge < -0.3 is 0 Å². The summed E-state index contributed by atoms with van der Waals surface area (Å²) in [5.74, 6) is -1.16. The van der Waals surface area contributed by atoms with Crippen molar-refractivity contribution in [3.05, 3.63) is 0 Å². The van der Waals surface area contributed by atoms with Gasteiger partial charge in [-0.1, -0.05) is 0 Å². The summed E-state index contributed by atoms with van der Waals surface area (Å²) in [6.07, 6.45) is -4.53. The summed E-state index contributed by atoms with van der Waals surface area (Å²) in [6.45, 7) is 0. The maximum atomic E-state index is 12.1. The first-order chi connectivity index (χ1) is 6.05. The van der Waals surface area contributed by atoms with Crippen molar-refractivity contribution in [1.29, 1.82) is 0 Å². The van der Waals surface area contributed by atoms with Crippen molar-refractivity contribution >= 4 is 39.3 Å². The molecule has 0 aromatic rings. The first-order valence-corrected chi connectivity index (χ1v) is 5.65. The Balaban J connectivity index is 2.46. The SMILES string of the molecule is FC(F)(F)C1=NS2=NS(=N1)N=S=N2. The van der Waals surface area contributed by atoms with Gasteiger partial charge in [0.1, 0.15) is 0 Å². The number of nitrogens with zero attached hydrogens (tertiary/aromatic N) is 5. The van der Waals surface area contributed by atoms with Crippen LogP contribution in [0, 0.1) is 0 Å². The topological polar surface area (TPSA) is 61.8 Å². The molecule has 0 radical (unpaired) electrons. The van der Waals surface area contributed by atoms with E-state index in [1.165, 1.54) is 0 Å². The molecule has 0 aromatic heterocycles. The quantitative estimate of drug-likeness (QED) is 0.625. The zero-order valence-electron chi connectivity index (χ0n) is 5.59. The van der Waals surface area contributed by atoms with Crippen LogP contribution in [0.2, 0.25) is 0 Å². The molecule has 0 saturated heterocycles. The monoisotopic (exact) mass is 247 g/mol. The van der Waals surface area contributed by atoms with Gasteiger partial charge in [0.15, 0.2) is 22.1 Å². The van der Waals surface area contributed by atoms with E-state index in [9.17, 15) is 13.2 Å². The van der Waals surface area contributed by atoms with Crippen LogP contribution in [0.25, 0.3) is 0 Å². The molecule has 5 nitrogen and oxygen atoms in total. The average molecular weight is 247 g/mol. The van der Waals surface area contributed by atoms with Crippen LogP contribution in [0.3, 0.4) is 0 Å². The van der Waals surface area contributed by atoms with E-state index in [4.69, 9.17) is 0 Å². The van der Waals surface area contributed by atoms with E-state index in [2.05, 4.69) is 20.1 Å². The molecule has 0 spiro atoms. The lowest BCUT2D eigenvalue weighted by Crippen LogP contribution is -2.23. The second-order valence-corrected chi connectivity index (χ2v) is 5.10. The minimum atomic E-state index is -4.53. The summed E-state index contributed by atoms with van der Waals surface area (Å²) in [4.78, 5) is 0. The Labute approximate surface area is 79.1 Å². The van der Waals surface area contributed by atoms with E-state index in [1.807, 2.05) is 0 Å². The van der Waals surface area contributed by atoms with Crippen LogP contribution >= 0.6 is 0 Å². The van der Waals surface area contributed by atoms with Crippen LogP contribution in [0.1, 0.15) is 0 Å². The van der Waals surface area contributed by atoms with Crippen molar-refractivity contribution < 1.29 is 13.2 Å². The second kappa shape index (κ2) is 3.06. The summed E-state index contributed by atoms with van der Waals surface area (Å²) in [7, 11) is 0. The fourth-order valence-corrected chi connectivity index (χ4v) is 3.70. The molecular formula is C2F3N5S3. The third kappa shape index (κ3) is 1.91. The Morgan fingerprint density at radius 3 is 2.46 bits per heavy atom. The van der Waals surface area contributed by atoms with E-state index in [0.717, 1.165) is 11.4 Å². The number of halogens is 3. The van der Waals surface area contributed by atoms with Gasteiger partial charge in [-0.3, -0.25) is 0 Å². The zero-order valence-corrected chi connectivity index (χ0v) is 8.04. The lowest BCUT2D eigenvalue weighted by molar-refractivity contribution is -0.0593. The summed E-state index contributed by atoms with van der Waals surface area (Å²) >= 11 is -1.72. The fraction of sp³-hybridized carbons (Fsp3) is 0.500. The maximum absolute atomic E-state index is 12.1. The Bertz CT molecular complexity index is 411. The van der Waals surface area contributed by atoms with Gasteiger partial charge >= 0.3 is 6.18 Å². The van der Waals surface area contributed by atoms with Crippen LogP contribution in [0.5, 0.6) is 0 Å². The van der Waals surface area contributed by atoms with Crippen LogP contribution < -0.4 is 0 Å². The zero-order chi connectivity index (χ0) is 9.47. The lowest BCUT2D eigenvalue weighted by atomic mass is 10.6. The number of hydrogen-bond acceptors (Lipinski definition) is 5. The highest BCUT2D eigenvalue weighted by atomic mass is 32.3. The first-order valence-electron chi connectivity index (χ1n) is 2.72. The molecular weight excluding hydrogens is 247 g/mol. The van der Waals surface area contributed by atoms with Gasteiger partial charge in [0.25, 0.3) is 5.84 Å². The van der Waals surface area contributed by atoms with Gasteiger partial charge in [0.05, 0.1) is 11.4 Å². The van der Waals surface area contributed by atoms with Gasteiger partial charge in [0.2, 0.25) is 0 Å². The minimum Gasteiger partial charge on any atom is -0.163 e. The van der Waals surface area contributed by atoms with Gasteiger partial charge in [-0.15, -0.1) is 11.3 Å². The molecule has 13 heavy (non-hydrogen) atoms. The molecule has 0 saturated carbocycles. The van der Waals surface area contributed by atoms with E-state index in [-0.39, 0.29) is 0 Å². The second-order valence-electron chi connectivity index (χ2n) is 1.80. The highest BCUT2D eigenvalue weighted by molar-refractivity contribution is 8.02. The third-order valence-electron chi connectivity index (χ3n) is 0.923. The number of hydrogen-bond donors (Lipinski definition) is 0. The summed E-state index contributed by atoms with van der Waals surface area (Å²) in [5, 5.41) is 0. The molecule has 2 heterocycles.